The number of hydrogen-bond acceptors (Lipinski definition) is 8. The molecule has 270 valence electrons. The molecule has 1 aromatic carbocycles. The van der Waals surface area contributed by atoms with Crippen molar-refractivity contribution in [2.24, 2.45) is 23.2 Å². The van der Waals surface area contributed by atoms with Gasteiger partial charge in [0, 0.05) is 13.1 Å². The Morgan fingerprint density at radius 3 is 2.31 bits per heavy atom. The van der Waals surface area contributed by atoms with Gasteiger partial charge in [0.2, 0.25) is 17.6 Å². The third-order valence-electron chi connectivity index (χ3n) is 10.1. The zero-order valence-electron chi connectivity index (χ0n) is 29.3. The van der Waals surface area contributed by atoms with Crippen LogP contribution >= 0.6 is 0 Å². The molecule has 49 heavy (non-hydrogen) atoms. The smallest absolute Gasteiger partial charge is 0.408 e. The fourth-order valence-electron chi connectivity index (χ4n) is 7.38. The normalized spacial score (nSPS) is 23.0. The van der Waals surface area contributed by atoms with E-state index in [1.807, 2.05) is 13.8 Å². The fourth-order valence-corrected chi connectivity index (χ4v) is 8.55. The number of carbonyl (C=O) groups excluding carboxylic acids is 5. The van der Waals surface area contributed by atoms with Crippen molar-refractivity contribution in [2.45, 2.75) is 108 Å². The summed E-state index contributed by atoms with van der Waals surface area (Å²) in [5.41, 5.74) is -0.985. The molecule has 2 saturated carbocycles. The van der Waals surface area contributed by atoms with Crippen LogP contribution in [0.25, 0.3) is 0 Å². The van der Waals surface area contributed by atoms with E-state index in [0.717, 1.165) is 32.1 Å². The summed E-state index contributed by atoms with van der Waals surface area (Å²) in [6, 6.07) is 4.80. The largest absolute Gasteiger partial charge is 0.444 e. The van der Waals surface area contributed by atoms with E-state index >= 15 is 0 Å². The molecule has 1 heterocycles. The van der Waals surface area contributed by atoms with Gasteiger partial charge in [-0.3, -0.25) is 19.2 Å². The number of allylic oxidation sites excluding steroid dienone is 1. The average Bonchev–Trinajstić information content (AvgIpc) is 3.35. The van der Waals surface area contributed by atoms with Gasteiger partial charge in [-0.2, -0.15) is 0 Å². The maximum Gasteiger partial charge on any atom is 0.408 e. The maximum absolute atomic E-state index is 14.3. The first-order valence-electron chi connectivity index (χ1n) is 17.3. The van der Waals surface area contributed by atoms with Crippen molar-refractivity contribution in [3.05, 3.63) is 43.0 Å². The third kappa shape index (κ3) is 9.29. The summed E-state index contributed by atoms with van der Waals surface area (Å²) < 4.78 is 30.8. The van der Waals surface area contributed by atoms with E-state index in [1.54, 1.807) is 45.0 Å². The van der Waals surface area contributed by atoms with Crippen LogP contribution in [0.3, 0.4) is 0 Å². The number of sulfone groups is 1. The van der Waals surface area contributed by atoms with Crippen molar-refractivity contribution in [1.82, 2.24) is 20.9 Å². The number of fused-ring (bicyclic) bond motifs is 1. The van der Waals surface area contributed by atoms with Crippen molar-refractivity contribution in [3.63, 3.8) is 0 Å². The van der Waals surface area contributed by atoms with Crippen LogP contribution in [0, 0.1) is 23.2 Å². The van der Waals surface area contributed by atoms with Crippen molar-refractivity contribution >= 4 is 39.4 Å². The van der Waals surface area contributed by atoms with E-state index in [9.17, 15) is 32.4 Å². The van der Waals surface area contributed by atoms with Gasteiger partial charge in [-0.05, 0) is 81.8 Å². The molecule has 13 heteroatoms. The van der Waals surface area contributed by atoms with Gasteiger partial charge in [-0.25, -0.2) is 13.2 Å². The van der Waals surface area contributed by atoms with Crippen LogP contribution in [-0.2, 0) is 33.8 Å². The number of carbonyl (C=O) groups is 5. The van der Waals surface area contributed by atoms with E-state index in [2.05, 4.69) is 22.5 Å². The van der Waals surface area contributed by atoms with E-state index in [1.165, 1.54) is 17.0 Å². The number of amides is 4. The molecule has 1 saturated heterocycles. The van der Waals surface area contributed by atoms with Crippen LogP contribution < -0.4 is 16.0 Å². The molecule has 2 aliphatic carbocycles. The highest BCUT2D eigenvalue weighted by Gasteiger charge is 2.69. The third-order valence-corrected chi connectivity index (χ3v) is 11.8. The molecule has 4 rings (SSSR count). The molecular weight excluding hydrogens is 648 g/mol. The van der Waals surface area contributed by atoms with Crippen LogP contribution in [0.15, 0.2) is 47.9 Å². The molecule has 3 fully saturated rings. The SMILES string of the molecule is C=CCC[C@H](NC(=O)[C@@H]1[C@@H]2[C@H](CN1C(=O)[C@@H](NC(=O)OC(C)(C)C)C1CCCCC1)C2(C)C)C(=O)C(=O)NCCS(=O)(=O)c1ccccc1. The molecule has 0 spiro atoms. The Bertz CT molecular complexity index is 1510. The van der Waals surface area contributed by atoms with Gasteiger partial charge >= 0.3 is 6.09 Å². The molecule has 1 aliphatic heterocycles. The van der Waals surface area contributed by atoms with Gasteiger partial charge in [-0.15, -0.1) is 6.58 Å². The van der Waals surface area contributed by atoms with E-state index in [-0.39, 0.29) is 46.9 Å². The lowest BCUT2D eigenvalue weighted by Gasteiger charge is -2.37. The number of likely N-dealkylation sites (tertiary alicyclic amines) is 1. The molecule has 4 amide bonds. The van der Waals surface area contributed by atoms with E-state index in [0.29, 0.717) is 13.0 Å². The highest BCUT2D eigenvalue weighted by atomic mass is 32.2. The van der Waals surface area contributed by atoms with E-state index < -0.39 is 63.0 Å². The number of Topliss-reactive ketones (excluding diaryl/α,β-unsaturated/α-hetero) is 1. The number of nitrogens with zero attached hydrogens (tertiary/aromatic N) is 1. The highest BCUT2D eigenvalue weighted by Crippen LogP contribution is 2.65. The first kappa shape index (κ1) is 38.1. The lowest BCUT2D eigenvalue weighted by Crippen LogP contribution is -2.60. The van der Waals surface area contributed by atoms with Gasteiger partial charge in [0.15, 0.2) is 9.84 Å². The van der Waals surface area contributed by atoms with Crippen molar-refractivity contribution < 1.29 is 37.1 Å². The monoisotopic (exact) mass is 700 g/mol. The van der Waals surface area contributed by atoms with Gasteiger partial charge in [0.05, 0.1) is 16.7 Å². The average molecular weight is 701 g/mol. The van der Waals surface area contributed by atoms with Crippen molar-refractivity contribution in [3.8, 4) is 0 Å². The Labute approximate surface area is 290 Å². The Morgan fingerprint density at radius 2 is 1.69 bits per heavy atom. The highest BCUT2D eigenvalue weighted by molar-refractivity contribution is 7.91. The van der Waals surface area contributed by atoms with Gasteiger partial charge in [0.25, 0.3) is 5.91 Å². The molecular formula is C36H52N4O8S. The minimum absolute atomic E-state index is 0.0536. The minimum Gasteiger partial charge on any atom is -0.444 e. The van der Waals surface area contributed by atoms with Gasteiger partial charge < -0.3 is 25.6 Å². The molecule has 1 aromatic rings. The Balaban J connectivity index is 1.49. The quantitative estimate of drug-likeness (QED) is 0.196. The zero-order chi connectivity index (χ0) is 36.1. The van der Waals surface area contributed by atoms with Gasteiger partial charge in [0.1, 0.15) is 17.7 Å². The standard InChI is InChI=1S/C36H52N4O8S/c1-7-8-19-26(30(41)32(43)37-20-21-49(46,47)24-17-13-10-14-18-24)38-31(42)29-27-25(36(27,5)6)22-40(29)33(44)28(23-15-11-9-12-16-23)39-34(45)48-35(2,3)4/h7,10,13-14,17-18,23,25-29H,1,8-9,11-12,15-16,19-22H2,2-6H3,(H,37,43)(H,38,42)(H,39,45)/t25-,26-,27-,28-,29-/m0/s1. The van der Waals surface area contributed by atoms with Crippen LogP contribution in [0.4, 0.5) is 4.79 Å². The predicted octanol–water partition coefficient (Wildman–Crippen LogP) is 3.55. The second kappa shape index (κ2) is 15.4. The molecule has 3 aliphatic rings. The first-order valence-corrected chi connectivity index (χ1v) is 18.9. The maximum atomic E-state index is 14.3. The van der Waals surface area contributed by atoms with Crippen molar-refractivity contribution in [2.75, 3.05) is 18.8 Å². The first-order chi connectivity index (χ1) is 23.0. The number of alkyl carbamates (subject to hydrolysis) is 1. The van der Waals surface area contributed by atoms with Crippen LogP contribution in [0.5, 0.6) is 0 Å². The number of ether oxygens (including phenoxy) is 1. The summed E-state index contributed by atoms with van der Waals surface area (Å²) in [5, 5.41) is 7.97. The minimum atomic E-state index is -3.69. The number of ketones is 1. The van der Waals surface area contributed by atoms with Crippen LogP contribution in [-0.4, -0.2) is 85.5 Å². The Kier molecular flexibility index (Phi) is 12.0. The second-order valence-corrected chi connectivity index (χ2v) is 17.2. The molecule has 5 atom stereocenters. The lowest BCUT2D eigenvalue weighted by molar-refractivity contribution is -0.145. The summed E-state index contributed by atoms with van der Waals surface area (Å²) in [5.74, 6) is -3.47. The summed E-state index contributed by atoms with van der Waals surface area (Å²) in [6.07, 6.45) is 5.71. The van der Waals surface area contributed by atoms with Crippen LogP contribution in [0.1, 0.15) is 79.6 Å². The molecule has 0 aromatic heterocycles. The lowest BCUT2D eigenvalue weighted by atomic mass is 9.83. The van der Waals surface area contributed by atoms with E-state index in [4.69, 9.17) is 4.74 Å². The Morgan fingerprint density at radius 1 is 1.04 bits per heavy atom. The number of rotatable bonds is 14. The fraction of sp³-hybridized carbons (Fsp3) is 0.639. The molecule has 12 nitrogen and oxygen atoms in total. The topological polar surface area (TPSA) is 168 Å². The molecule has 0 bridgehead atoms. The molecule has 3 N–H and O–H groups in total. The molecule has 0 unspecified atom stereocenters. The number of benzene rings is 1. The summed E-state index contributed by atoms with van der Waals surface area (Å²) in [4.78, 5) is 69.3. The summed E-state index contributed by atoms with van der Waals surface area (Å²) in [7, 11) is -3.69. The summed E-state index contributed by atoms with van der Waals surface area (Å²) >= 11 is 0. The second-order valence-electron chi connectivity index (χ2n) is 15.1. The number of hydrogen-bond donors (Lipinski definition) is 3. The van der Waals surface area contributed by atoms with Crippen molar-refractivity contribution in [1.29, 1.82) is 0 Å². The van der Waals surface area contributed by atoms with Crippen LogP contribution in [0.2, 0.25) is 0 Å². The van der Waals surface area contributed by atoms with Gasteiger partial charge in [-0.1, -0.05) is 57.4 Å². The predicted molar refractivity (Wildman–Crippen MR) is 184 cm³/mol. The summed E-state index contributed by atoms with van der Waals surface area (Å²) in [6.45, 7) is 13.1. The number of nitrogens with one attached hydrogen (secondary N) is 3. The number of piperidine rings is 1. The zero-order valence-corrected chi connectivity index (χ0v) is 30.1. The molecule has 0 radical (unpaired) electrons. The Hall–Kier alpha value is -3.74.